The van der Waals surface area contributed by atoms with Crippen molar-refractivity contribution in [2.75, 3.05) is 26.2 Å². The Kier molecular flexibility index (Phi) is 6.47. The Labute approximate surface area is 164 Å². The van der Waals surface area contributed by atoms with E-state index in [1.54, 1.807) is 30.3 Å². The number of halogens is 1. The molecular formula is C20H25FN2O4S. The Morgan fingerprint density at radius 1 is 1.14 bits per heavy atom. The fraction of sp³-hybridized carbons (Fsp3) is 0.400. The van der Waals surface area contributed by atoms with E-state index < -0.39 is 21.7 Å². The monoisotopic (exact) mass is 408 g/mol. The highest BCUT2D eigenvalue weighted by Gasteiger charge is 2.44. The van der Waals surface area contributed by atoms with Crippen LogP contribution in [-0.4, -0.2) is 60.8 Å². The molecule has 2 aromatic carbocycles. The topological polar surface area (TPSA) is 89.9 Å². The van der Waals surface area contributed by atoms with E-state index in [1.807, 2.05) is 0 Å². The Hall–Kier alpha value is -1.84. The summed E-state index contributed by atoms with van der Waals surface area (Å²) in [5.74, 6) is -0.295. The number of aliphatic hydroxyl groups excluding tert-OH is 1. The van der Waals surface area contributed by atoms with E-state index in [-0.39, 0.29) is 36.8 Å². The lowest BCUT2D eigenvalue weighted by Gasteiger charge is -2.42. The fourth-order valence-corrected chi connectivity index (χ4v) is 4.87. The Morgan fingerprint density at radius 3 is 2.50 bits per heavy atom. The lowest BCUT2D eigenvalue weighted by atomic mass is 9.90. The number of hydrogen-bond acceptors (Lipinski definition) is 5. The summed E-state index contributed by atoms with van der Waals surface area (Å²) in [6, 6.07) is 14.2. The normalized spacial score (nSPS) is 23.6. The van der Waals surface area contributed by atoms with Crippen LogP contribution in [0.25, 0.3) is 0 Å². The van der Waals surface area contributed by atoms with Crippen molar-refractivity contribution in [2.45, 2.75) is 29.4 Å². The molecule has 0 aliphatic carbocycles. The smallest absolute Gasteiger partial charge is 0.243 e. The Bertz CT molecular complexity index is 877. The molecule has 0 radical (unpaired) electrons. The molecule has 0 amide bonds. The maximum atomic E-state index is 12.9. The van der Waals surface area contributed by atoms with Crippen LogP contribution < -0.4 is 5.32 Å². The SMILES string of the molecule is O=S(=O)(c1ccccc1)N1CC[C@H](O)[C@@](O)(CNCCc2ccc(F)cc2)C1. The van der Waals surface area contributed by atoms with E-state index in [0.29, 0.717) is 13.0 Å². The summed E-state index contributed by atoms with van der Waals surface area (Å²) in [4.78, 5) is 0.165. The number of nitrogens with zero attached hydrogens (tertiary/aromatic N) is 1. The largest absolute Gasteiger partial charge is 0.390 e. The van der Waals surface area contributed by atoms with Gasteiger partial charge in [-0.05, 0) is 49.2 Å². The van der Waals surface area contributed by atoms with Gasteiger partial charge >= 0.3 is 0 Å². The van der Waals surface area contributed by atoms with E-state index >= 15 is 0 Å². The molecule has 152 valence electrons. The van der Waals surface area contributed by atoms with Gasteiger partial charge in [-0.1, -0.05) is 30.3 Å². The van der Waals surface area contributed by atoms with Gasteiger partial charge < -0.3 is 15.5 Å². The highest BCUT2D eigenvalue weighted by molar-refractivity contribution is 7.89. The predicted octanol–water partition coefficient (Wildman–Crippen LogP) is 1.14. The summed E-state index contributed by atoms with van der Waals surface area (Å²) in [6.45, 7) is 0.521. The quantitative estimate of drug-likeness (QED) is 0.598. The van der Waals surface area contributed by atoms with Crippen LogP contribution in [0.15, 0.2) is 59.5 Å². The lowest BCUT2D eigenvalue weighted by Crippen LogP contribution is -2.62. The average Bonchev–Trinajstić information content (AvgIpc) is 2.69. The second-order valence-electron chi connectivity index (χ2n) is 7.11. The van der Waals surface area contributed by atoms with E-state index in [4.69, 9.17) is 0 Å². The molecule has 1 aliphatic rings. The van der Waals surface area contributed by atoms with Gasteiger partial charge in [0.1, 0.15) is 11.4 Å². The van der Waals surface area contributed by atoms with Crippen molar-refractivity contribution in [1.29, 1.82) is 0 Å². The minimum Gasteiger partial charge on any atom is -0.390 e. The fourth-order valence-electron chi connectivity index (χ4n) is 3.33. The van der Waals surface area contributed by atoms with Crippen LogP contribution in [0.3, 0.4) is 0 Å². The van der Waals surface area contributed by atoms with Crippen molar-refractivity contribution in [2.24, 2.45) is 0 Å². The summed E-state index contributed by atoms with van der Waals surface area (Å²) in [5, 5.41) is 24.2. The van der Waals surface area contributed by atoms with Crippen molar-refractivity contribution in [3.05, 3.63) is 66.0 Å². The molecule has 3 N–H and O–H groups in total. The van der Waals surface area contributed by atoms with Crippen LogP contribution in [0.5, 0.6) is 0 Å². The molecule has 0 bridgehead atoms. The minimum atomic E-state index is -3.74. The Balaban J connectivity index is 1.60. The van der Waals surface area contributed by atoms with Crippen molar-refractivity contribution in [3.63, 3.8) is 0 Å². The first-order valence-electron chi connectivity index (χ1n) is 9.22. The number of rotatable bonds is 7. The molecule has 2 atom stereocenters. The van der Waals surface area contributed by atoms with Gasteiger partial charge in [0.25, 0.3) is 0 Å². The van der Waals surface area contributed by atoms with Crippen molar-refractivity contribution in [3.8, 4) is 0 Å². The van der Waals surface area contributed by atoms with E-state index in [9.17, 15) is 23.0 Å². The van der Waals surface area contributed by atoms with Gasteiger partial charge in [0.15, 0.2) is 0 Å². The molecule has 0 spiro atoms. The summed E-state index contributed by atoms with van der Waals surface area (Å²) >= 11 is 0. The third kappa shape index (κ3) is 4.76. The second kappa shape index (κ2) is 8.67. The molecule has 1 aliphatic heterocycles. The zero-order chi connectivity index (χ0) is 20.2. The lowest BCUT2D eigenvalue weighted by molar-refractivity contribution is -0.104. The predicted molar refractivity (Wildman–Crippen MR) is 104 cm³/mol. The average molecular weight is 408 g/mol. The molecule has 8 heteroatoms. The number of nitrogens with one attached hydrogen (secondary N) is 1. The minimum absolute atomic E-state index is 0.0518. The summed E-state index contributed by atoms with van der Waals surface area (Å²) in [6.07, 6.45) is -0.242. The van der Waals surface area contributed by atoms with Crippen LogP contribution in [0.4, 0.5) is 4.39 Å². The molecular weight excluding hydrogens is 383 g/mol. The standard InChI is InChI=1S/C20H25FN2O4S/c21-17-8-6-16(7-9-17)10-12-22-14-20(25)15-23(13-11-19(20)24)28(26,27)18-4-2-1-3-5-18/h1-9,19,22,24-25H,10-15H2/t19-,20+/m0/s1. The van der Waals surface area contributed by atoms with E-state index in [1.165, 1.54) is 28.6 Å². The number of hydrogen-bond donors (Lipinski definition) is 3. The van der Waals surface area contributed by atoms with Crippen molar-refractivity contribution >= 4 is 10.0 Å². The van der Waals surface area contributed by atoms with Gasteiger partial charge in [0.2, 0.25) is 10.0 Å². The van der Waals surface area contributed by atoms with Gasteiger partial charge in [-0.3, -0.25) is 0 Å². The zero-order valence-corrected chi connectivity index (χ0v) is 16.3. The van der Waals surface area contributed by atoms with Crippen LogP contribution in [0, 0.1) is 5.82 Å². The summed E-state index contributed by atoms with van der Waals surface area (Å²) < 4.78 is 39.8. The van der Waals surface area contributed by atoms with Gasteiger partial charge in [0.05, 0.1) is 11.0 Å². The highest BCUT2D eigenvalue weighted by Crippen LogP contribution is 2.26. The molecule has 0 saturated carbocycles. The van der Waals surface area contributed by atoms with Gasteiger partial charge in [-0.25, -0.2) is 12.8 Å². The molecule has 6 nitrogen and oxygen atoms in total. The van der Waals surface area contributed by atoms with Crippen LogP contribution in [0.2, 0.25) is 0 Å². The first-order chi connectivity index (χ1) is 13.3. The third-order valence-electron chi connectivity index (χ3n) is 5.04. The molecule has 0 unspecified atom stereocenters. The maximum Gasteiger partial charge on any atom is 0.243 e. The van der Waals surface area contributed by atoms with Crippen molar-refractivity contribution < 1.29 is 23.0 Å². The first-order valence-corrected chi connectivity index (χ1v) is 10.7. The number of benzene rings is 2. The number of aliphatic hydroxyl groups is 2. The van der Waals surface area contributed by atoms with Crippen LogP contribution in [-0.2, 0) is 16.4 Å². The number of β-amino-alcohol motifs (C(OH)–C–C–N with tert-alkyl or cyclic N) is 1. The first kappa shape index (κ1) is 20.9. The summed E-state index contributed by atoms with van der Waals surface area (Å²) in [5.41, 5.74) is -0.638. The molecule has 1 fully saturated rings. The molecule has 2 aromatic rings. The van der Waals surface area contributed by atoms with Crippen LogP contribution >= 0.6 is 0 Å². The molecule has 1 saturated heterocycles. The molecule has 3 rings (SSSR count). The van der Waals surface area contributed by atoms with Crippen LogP contribution in [0.1, 0.15) is 12.0 Å². The molecule has 0 aromatic heterocycles. The maximum absolute atomic E-state index is 12.9. The van der Waals surface area contributed by atoms with Crippen molar-refractivity contribution in [1.82, 2.24) is 9.62 Å². The third-order valence-corrected chi connectivity index (χ3v) is 6.90. The molecule has 28 heavy (non-hydrogen) atoms. The van der Waals surface area contributed by atoms with E-state index in [0.717, 1.165) is 5.56 Å². The second-order valence-corrected chi connectivity index (χ2v) is 9.05. The number of piperidine rings is 1. The Morgan fingerprint density at radius 2 is 1.82 bits per heavy atom. The molecule has 1 heterocycles. The number of sulfonamides is 1. The van der Waals surface area contributed by atoms with Gasteiger partial charge in [0, 0.05) is 19.6 Å². The van der Waals surface area contributed by atoms with E-state index in [2.05, 4.69) is 5.32 Å². The van der Waals surface area contributed by atoms with Gasteiger partial charge in [-0.2, -0.15) is 4.31 Å². The zero-order valence-electron chi connectivity index (χ0n) is 15.5. The highest BCUT2D eigenvalue weighted by atomic mass is 32.2. The van der Waals surface area contributed by atoms with Gasteiger partial charge in [-0.15, -0.1) is 0 Å². The summed E-state index contributed by atoms with van der Waals surface area (Å²) in [7, 11) is -3.74.